The van der Waals surface area contributed by atoms with Crippen molar-refractivity contribution in [3.63, 3.8) is 0 Å². The van der Waals surface area contributed by atoms with Crippen LogP contribution in [0.15, 0.2) is 64.2 Å². The number of fused-ring (bicyclic) bond motifs is 2. The lowest BCUT2D eigenvalue weighted by Gasteiger charge is -2.19. The molecule has 0 aliphatic carbocycles. The minimum Gasteiger partial charge on any atom is -0.508 e. The molecule has 4 rings (SSSR count). The van der Waals surface area contributed by atoms with E-state index >= 15 is 0 Å². The van der Waals surface area contributed by atoms with Gasteiger partial charge in [-0.25, -0.2) is 0 Å². The molecule has 0 fully saturated rings. The molecule has 5 nitrogen and oxygen atoms in total. The van der Waals surface area contributed by atoms with Gasteiger partial charge in [0.2, 0.25) is 5.43 Å². The molecule has 0 atom stereocenters. The first-order valence-electron chi connectivity index (χ1n) is 8.87. The van der Waals surface area contributed by atoms with Gasteiger partial charge in [0.15, 0.2) is 0 Å². The number of aromatic nitrogens is 2. The van der Waals surface area contributed by atoms with Crippen LogP contribution in [0.4, 0.5) is 0 Å². The molecule has 27 heavy (non-hydrogen) atoms. The zero-order chi connectivity index (χ0) is 19.3. The van der Waals surface area contributed by atoms with Crippen LogP contribution < -0.4 is 11.0 Å². The van der Waals surface area contributed by atoms with Crippen LogP contribution in [0.3, 0.4) is 0 Å². The number of phenolic OH excluding ortho intramolecular Hbond substituents is 1. The fraction of sp³-hybridized carbons (Fsp3) is 0.182. The normalized spacial score (nSPS) is 11.6. The summed E-state index contributed by atoms with van der Waals surface area (Å²) in [5, 5.41) is 10.3. The Morgan fingerprint density at radius 2 is 1.63 bits per heavy atom. The second-order valence-electron chi connectivity index (χ2n) is 7.05. The predicted octanol–water partition coefficient (Wildman–Crippen LogP) is 3.67. The minimum atomic E-state index is -0.362. The van der Waals surface area contributed by atoms with E-state index in [1.54, 1.807) is 16.7 Å². The van der Waals surface area contributed by atoms with Gasteiger partial charge in [0.25, 0.3) is 5.56 Å². The van der Waals surface area contributed by atoms with Gasteiger partial charge < -0.3 is 9.67 Å². The maximum absolute atomic E-state index is 13.4. The molecule has 1 N–H and O–H groups in total. The predicted molar refractivity (Wildman–Crippen MR) is 108 cm³/mol. The largest absolute Gasteiger partial charge is 0.508 e. The zero-order valence-corrected chi connectivity index (χ0v) is 15.4. The second kappa shape index (κ2) is 6.13. The highest BCUT2D eigenvalue weighted by molar-refractivity contribution is 5.94. The summed E-state index contributed by atoms with van der Waals surface area (Å²) >= 11 is 0. The second-order valence-corrected chi connectivity index (χ2v) is 7.05. The smallest absolute Gasteiger partial charge is 0.268 e. The monoisotopic (exact) mass is 360 g/mol. The van der Waals surface area contributed by atoms with Crippen molar-refractivity contribution >= 4 is 21.8 Å². The van der Waals surface area contributed by atoms with Crippen molar-refractivity contribution in [1.82, 2.24) is 9.13 Å². The Morgan fingerprint density at radius 1 is 0.926 bits per heavy atom. The van der Waals surface area contributed by atoms with Crippen LogP contribution in [-0.2, 0) is 7.05 Å². The number of hydrogen-bond acceptors (Lipinski definition) is 3. The maximum Gasteiger partial charge on any atom is 0.268 e. The highest BCUT2D eigenvalue weighted by Crippen LogP contribution is 2.24. The molecule has 0 radical (unpaired) electrons. The van der Waals surface area contributed by atoms with Crippen LogP contribution in [0.2, 0.25) is 0 Å². The third kappa shape index (κ3) is 2.54. The summed E-state index contributed by atoms with van der Waals surface area (Å²) in [4.78, 5) is 26.6. The maximum atomic E-state index is 13.4. The molecule has 0 saturated heterocycles. The summed E-state index contributed by atoms with van der Waals surface area (Å²) in [6.07, 6.45) is 0. The van der Waals surface area contributed by atoms with Gasteiger partial charge in [0.05, 0.1) is 16.4 Å². The van der Waals surface area contributed by atoms with Crippen molar-refractivity contribution < 1.29 is 5.11 Å². The standard InChI is InChI=1S/C22H20N2O3/c1-13(2)18-12-19-20(22(27)24(18)14-7-5-4-6-8-14)21(26)16-11-15(25)9-10-17(16)23(19)3/h4-13,25H,1-3H3. The number of benzene rings is 2. The average Bonchev–Trinajstić information content (AvgIpc) is 2.66. The Bertz CT molecular complexity index is 1300. The van der Waals surface area contributed by atoms with Gasteiger partial charge in [-0.2, -0.15) is 0 Å². The van der Waals surface area contributed by atoms with E-state index in [9.17, 15) is 14.7 Å². The average molecular weight is 360 g/mol. The summed E-state index contributed by atoms with van der Waals surface area (Å²) in [6, 6.07) is 15.9. The molecule has 5 heteroatoms. The van der Waals surface area contributed by atoms with Gasteiger partial charge in [-0.05, 0) is 42.3 Å². The molecule has 2 heterocycles. The van der Waals surface area contributed by atoms with Gasteiger partial charge in [-0.3, -0.25) is 14.2 Å². The number of aryl methyl sites for hydroxylation is 1. The Hall–Kier alpha value is -3.34. The molecule has 2 aromatic carbocycles. The molecule has 0 amide bonds. The Kier molecular flexibility index (Phi) is 3.88. The summed E-state index contributed by atoms with van der Waals surface area (Å²) in [6.45, 7) is 4.05. The van der Waals surface area contributed by atoms with E-state index < -0.39 is 0 Å². The lowest BCUT2D eigenvalue weighted by molar-refractivity contribution is 0.476. The molecule has 0 aliphatic rings. The third-order valence-corrected chi connectivity index (χ3v) is 5.00. The van der Waals surface area contributed by atoms with Crippen molar-refractivity contribution in [2.45, 2.75) is 19.8 Å². The molecule has 0 saturated carbocycles. The number of para-hydroxylation sites is 1. The van der Waals surface area contributed by atoms with Crippen LogP contribution in [0.5, 0.6) is 5.75 Å². The Balaban J connectivity index is 2.27. The summed E-state index contributed by atoms with van der Waals surface area (Å²) in [7, 11) is 1.83. The molecule has 0 spiro atoms. The highest BCUT2D eigenvalue weighted by atomic mass is 16.3. The van der Waals surface area contributed by atoms with E-state index in [0.717, 1.165) is 11.4 Å². The zero-order valence-electron chi connectivity index (χ0n) is 15.4. The fourth-order valence-corrected chi connectivity index (χ4v) is 3.62. The molecule has 2 aromatic heterocycles. The van der Waals surface area contributed by atoms with Gasteiger partial charge in [-0.1, -0.05) is 32.0 Å². The first-order valence-corrected chi connectivity index (χ1v) is 8.87. The topological polar surface area (TPSA) is 64.2 Å². The summed E-state index contributed by atoms with van der Waals surface area (Å²) in [5.41, 5.74) is 2.14. The molecule has 4 aromatic rings. The van der Waals surface area contributed by atoms with Crippen molar-refractivity contribution in [2.24, 2.45) is 7.05 Å². The van der Waals surface area contributed by atoms with Crippen molar-refractivity contribution in [2.75, 3.05) is 0 Å². The van der Waals surface area contributed by atoms with Crippen LogP contribution in [-0.4, -0.2) is 14.2 Å². The molecule has 136 valence electrons. The van der Waals surface area contributed by atoms with E-state index in [4.69, 9.17) is 0 Å². The van der Waals surface area contributed by atoms with Crippen LogP contribution in [0, 0.1) is 0 Å². The molecule has 0 bridgehead atoms. The highest BCUT2D eigenvalue weighted by Gasteiger charge is 2.19. The third-order valence-electron chi connectivity index (χ3n) is 5.00. The van der Waals surface area contributed by atoms with E-state index in [2.05, 4.69) is 0 Å². The summed E-state index contributed by atoms with van der Waals surface area (Å²) in [5.74, 6) is 0.0917. The van der Waals surface area contributed by atoms with Gasteiger partial charge in [0.1, 0.15) is 11.1 Å². The lowest BCUT2D eigenvalue weighted by Crippen LogP contribution is -2.28. The quantitative estimate of drug-likeness (QED) is 0.555. The van der Waals surface area contributed by atoms with Gasteiger partial charge >= 0.3 is 0 Å². The number of nitrogens with zero attached hydrogens (tertiary/aromatic N) is 2. The van der Waals surface area contributed by atoms with Gasteiger partial charge in [0, 0.05) is 18.4 Å². The Morgan fingerprint density at radius 3 is 2.30 bits per heavy atom. The molecular formula is C22H20N2O3. The SMILES string of the molecule is CC(C)c1cc2c(c(=O)c3cc(O)ccc3n2C)c(=O)n1-c1ccccc1. The molecular weight excluding hydrogens is 340 g/mol. The fourth-order valence-electron chi connectivity index (χ4n) is 3.62. The number of phenols is 1. The lowest BCUT2D eigenvalue weighted by atomic mass is 10.0. The first-order chi connectivity index (χ1) is 12.9. The number of pyridine rings is 2. The van der Waals surface area contributed by atoms with Crippen LogP contribution in [0.25, 0.3) is 27.5 Å². The molecule has 0 aliphatic heterocycles. The number of rotatable bonds is 2. The van der Waals surface area contributed by atoms with E-state index in [0.29, 0.717) is 16.4 Å². The van der Waals surface area contributed by atoms with E-state index in [1.165, 1.54) is 6.07 Å². The van der Waals surface area contributed by atoms with Crippen molar-refractivity contribution in [1.29, 1.82) is 0 Å². The van der Waals surface area contributed by atoms with Crippen LogP contribution in [0.1, 0.15) is 25.5 Å². The molecule has 0 unspecified atom stereocenters. The van der Waals surface area contributed by atoms with Gasteiger partial charge in [-0.15, -0.1) is 0 Å². The first kappa shape index (κ1) is 17.1. The Labute approximate surface area is 155 Å². The number of hydrogen-bond donors (Lipinski definition) is 1. The van der Waals surface area contributed by atoms with E-state index in [-0.39, 0.29) is 28.0 Å². The van der Waals surface area contributed by atoms with Crippen LogP contribution >= 0.6 is 0 Å². The summed E-state index contributed by atoms with van der Waals surface area (Å²) < 4.78 is 3.46. The van der Waals surface area contributed by atoms with Crippen molar-refractivity contribution in [3.05, 3.63) is 80.9 Å². The van der Waals surface area contributed by atoms with Crippen molar-refractivity contribution in [3.8, 4) is 11.4 Å². The number of aromatic hydroxyl groups is 1. The minimum absolute atomic E-state index is 0.00105. The van der Waals surface area contributed by atoms with E-state index in [1.807, 2.05) is 61.9 Å².